The predicted molar refractivity (Wildman–Crippen MR) is 76.3 cm³/mol. The van der Waals surface area contributed by atoms with E-state index >= 15 is 0 Å². The molecule has 0 saturated carbocycles. The van der Waals surface area contributed by atoms with Crippen molar-refractivity contribution in [1.82, 2.24) is 0 Å². The zero-order valence-electron chi connectivity index (χ0n) is 12.5. The summed E-state index contributed by atoms with van der Waals surface area (Å²) in [7, 11) is 1.16. The monoisotopic (exact) mass is 320 g/mol. The Morgan fingerprint density at radius 1 is 1.48 bits per heavy atom. The van der Waals surface area contributed by atoms with Crippen molar-refractivity contribution in [2.24, 2.45) is 5.73 Å². The summed E-state index contributed by atoms with van der Waals surface area (Å²) in [6, 6.07) is 4.71. The summed E-state index contributed by atoms with van der Waals surface area (Å²) in [5.41, 5.74) is 5.51. The summed E-state index contributed by atoms with van der Waals surface area (Å²) >= 11 is 0. The van der Waals surface area contributed by atoms with Crippen LogP contribution in [0.25, 0.3) is 0 Å². The highest BCUT2D eigenvalue weighted by Gasteiger charge is 2.38. The standard InChI is InChI=1S/C16H14F2N2O3/c1-3-12-14(16(21)22-2)13(10(7-19)15(20)23-12)9-5-4-8(17)6-11(9)18/h4-6,13H,3,20H2,1-2H3. The van der Waals surface area contributed by atoms with Gasteiger partial charge in [0.1, 0.15) is 29.0 Å². The molecule has 1 heterocycles. The van der Waals surface area contributed by atoms with Gasteiger partial charge in [0.05, 0.1) is 18.6 Å². The van der Waals surface area contributed by atoms with Crippen molar-refractivity contribution < 1.29 is 23.0 Å². The number of halogens is 2. The minimum absolute atomic E-state index is 0.0220. The van der Waals surface area contributed by atoms with Crippen molar-refractivity contribution in [1.29, 1.82) is 5.26 Å². The molecule has 7 heteroatoms. The molecular formula is C16H14F2N2O3. The van der Waals surface area contributed by atoms with Gasteiger partial charge in [-0.15, -0.1) is 0 Å². The van der Waals surface area contributed by atoms with Gasteiger partial charge >= 0.3 is 5.97 Å². The number of nitrogens with two attached hydrogens (primary N) is 1. The molecule has 0 aromatic heterocycles. The molecule has 0 spiro atoms. The van der Waals surface area contributed by atoms with Gasteiger partial charge in [0, 0.05) is 18.1 Å². The Balaban J connectivity index is 2.74. The molecule has 23 heavy (non-hydrogen) atoms. The van der Waals surface area contributed by atoms with Gasteiger partial charge in [0.2, 0.25) is 5.88 Å². The number of rotatable bonds is 3. The Bertz CT molecular complexity index is 763. The highest BCUT2D eigenvalue weighted by molar-refractivity contribution is 5.92. The zero-order chi connectivity index (χ0) is 17.1. The lowest BCUT2D eigenvalue weighted by Crippen LogP contribution is -2.26. The van der Waals surface area contributed by atoms with Gasteiger partial charge in [-0.05, 0) is 6.07 Å². The Morgan fingerprint density at radius 3 is 2.70 bits per heavy atom. The van der Waals surface area contributed by atoms with Crippen LogP contribution < -0.4 is 5.73 Å². The fourth-order valence-electron chi connectivity index (χ4n) is 2.46. The molecule has 0 amide bonds. The number of esters is 1. The third kappa shape index (κ3) is 2.88. The van der Waals surface area contributed by atoms with Crippen molar-refractivity contribution in [3.05, 3.63) is 58.2 Å². The number of hydrogen-bond donors (Lipinski definition) is 1. The maximum absolute atomic E-state index is 14.2. The second-order valence-corrected chi connectivity index (χ2v) is 4.77. The molecule has 0 fully saturated rings. The summed E-state index contributed by atoms with van der Waals surface area (Å²) in [6.07, 6.45) is 0.281. The van der Waals surface area contributed by atoms with Gasteiger partial charge in [-0.2, -0.15) is 5.26 Å². The van der Waals surface area contributed by atoms with Gasteiger partial charge in [0.25, 0.3) is 0 Å². The Hall–Kier alpha value is -2.88. The fourth-order valence-corrected chi connectivity index (χ4v) is 2.46. The smallest absolute Gasteiger partial charge is 0.338 e. The van der Waals surface area contributed by atoms with Crippen LogP contribution in [-0.2, 0) is 14.3 Å². The van der Waals surface area contributed by atoms with Gasteiger partial charge < -0.3 is 15.2 Å². The third-order valence-electron chi connectivity index (χ3n) is 3.50. The molecule has 1 aliphatic heterocycles. The Kier molecular flexibility index (Phi) is 4.65. The van der Waals surface area contributed by atoms with E-state index in [0.717, 1.165) is 13.2 Å². The molecule has 120 valence electrons. The first-order valence-corrected chi connectivity index (χ1v) is 6.78. The molecule has 1 atom stereocenters. The highest BCUT2D eigenvalue weighted by Crippen LogP contribution is 2.41. The van der Waals surface area contributed by atoms with Crippen LogP contribution in [0.3, 0.4) is 0 Å². The Morgan fingerprint density at radius 2 is 2.17 bits per heavy atom. The molecule has 1 aliphatic rings. The number of hydrogen-bond acceptors (Lipinski definition) is 5. The van der Waals surface area contributed by atoms with Crippen LogP contribution in [0.2, 0.25) is 0 Å². The minimum Gasteiger partial charge on any atom is -0.466 e. The summed E-state index contributed by atoms with van der Waals surface area (Å²) in [6.45, 7) is 1.71. The van der Waals surface area contributed by atoms with Crippen molar-refractivity contribution in [2.75, 3.05) is 7.11 Å². The Labute approximate surface area is 131 Å². The lowest BCUT2D eigenvalue weighted by molar-refractivity contribution is -0.136. The molecule has 2 N–H and O–H groups in total. The molecule has 0 bridgehead atoms. The van der Waals surface area contributed by atoms with Crippen LogP contribution in [0, 0.1) is 23.0 Å². The lowest BCUT2D eigenvalue weighted by atomic mass is 9.82. The van der Waals surface area contributed by atoms with E-state index in [0.29, 0.717) is 6.07 Å². The zero-order valence-corrected chi connectivity index (χ0v) is 12.5. The maximum Gasteiger partial charge on any atom is 0.338 e. The number of methoxy groups -OCH3 is 1. The average molecular weight is 320 g/mol. The van der Waals surface area contributed by atoms with E-state index in [1.807, 2.05) is 6.07 Å². The number of allylic oxidation sites excluding steroid dienone is 2. The molecule has 1 aromatic carbocycles. The normalized spacial score (nSPS) is 17.6. The largest absolute Gasteiger partial charge is 0.466 e. The van der Waals surface area contributed by atoms with Crippen molar-refractivity contribution in [3.63, 3.8) is 0 Å². The number of carbonyl (C=O) groups excluding carboxylic acids is 1. The van der Waals surface area contributed by atoms with E-state index in [1.54, 1.807) is 6.92 Å². The summed E-state index contributed by atoms with van der Waals surface area (Å²) in [4.78, 5) is 12.1. The van der Waals surface area contributed by atoms with Crippen LogP contribution in [0.5, 0.6) is 0 Å². The highest BCUT2D eigenvalue weighted by atomic mass is 19.1. The molecule has 5 nitrogen and oxygen atoms in total. The first-order chi connectivity index (χ1) is 10.9. The van der Waals surface area contributed by atoms with Crippen molar-refractivity contribution in [2.45, 2.75) is 19.3 Å². The fraction of sp³-hybridized carbons (Fsp3) is 0.250. The minimum atomic E-state index is -1.11. The molecule has 0 saturated heterocycles. The SMILES string of the molecule is CCC1=C(C(=O)OC)C(c2ccc(F)cc2F)C(C#N)=C(N)O1. The van der Waals surface area contributed by atoms with Crippen LogP contribution in [0.4, 0.5) is 8.78 Å². The average Bonchev–Trinajstić information content (AvgIpc) is 2.53. The van der Waals surface area contributed by atoms with E-state index in [1.165, 1.54) is 6.07 Å². The topological polar surface area (TPSA) is 85.3 Å². The van der Waals surface area contributed by atoms with Gasteiger partial charge in [0.15, 0.2) is 0 Å². The van der Waals surface area contributed by atoms with Crippen LogP contribution in [0.15, 0.2) is 41.0 Å². The number of ether oxygens (including phenoxy) is 2. The number of carbonyl (C=O) groups is 1. The van der Waals surface area contributed by atoms with Gasteiger partial charge in [-0.3, -0.25) is 0 Å². The maximum atomic E-state index is 14.2. The number of nitrogens with zero attached hydrogens (tertiary/aromatic N) is 1. The van der Waals surface area contributed by atoms with E-state index in [4.69, 9.17) is 15.2 Å². The molecule has 0 radical (unpaired) electrons. The van der Waals surface area contributed by atoms with Crippen molar-refractivity contribution >= 4 is 5.97 Å². The second-order valence-electron chi connectivity index (χ2n) is 4.77. The van der Waals surface area contributed by atoms with E-state index in [9.17, 15) is 18.8 Å². The number of benzene rings is 1. The molecule has 1 unspecified atom stereocenters. The van der Waals surface area contributed by atoms with E-state index < -0.39 is 23.5 Å². The van der Waals surface area contributed by atoms with Gasteiger partial charge in [-0.25, -0.2) is 13.6 Å². The first kappa shape index (κ1) is 16.5. The molecule has 1 aromatic rings. The van der Waals surface area contributed by atoms with Crippen LogP contribution in [0.1, 0.15) is 24.8 Å². The second kappa shape index (κ2) is 6.48. The third-order valence-corrected chi connectivity index (χ3v) is 3.50. The van der Waals surface area contributed by atoms with Crippen molar-refractivity contribution in [3.8, 4) is 6.07 Å². The van der Waals surface area contributed by atoms with Crippen LogP contribution in [-0.4, -0.2) is 13.1 Å². The quantitative estimate of drug-likeness (QED) is 0.865. The van der Waals surface area contributed by atoms with E-state index in [-0.39, 0.29) is 34.8 Å². The summed E-state index contributed by atoms with van der Waals surface area (Å²) in [5, 5.41) is 9.33. The van der Waals surface area contributed by atoms with Gasteiger partial charge in [-0.1, -0.05) is 13.0 Å². The molecule has 0 aliphatic carbocycles. The number of nitriles is 1. The summed E-state index contributed by atoms with van der Waals surface area (Å²) < 4.78 is 37.4. The van der Waals surface area contributed by atoms with E-state index in [2.05, 4.69) is 0 Å². The predicted octanol–water partition coefficient (Wildman–Crippen LogP) is 2.61. The van der Waals surface area contributed by atoms with Crippen LogP contribution >= 0.6 is 0 Å². The molecule has 2 rings (SSSR count). The first-order valence-electron chi connectivity index (χ1n) is 6.78. The lowest BCUT2D eigenvalue weighted by Gasteiger charge is -2.27. The molecular weight excluding hydrogens is 306 g/mol. The summed E-state index contributed by atoms with van der Waals surface area (Å²) in [5.74, 6) is -3.58.